The van der Waals surface area contributed by atoms with Crippen molar-refractivity contribution in [2.75, 3.05) is 11.9 Å². The van der Waals surface area contributed by atoms with Crippen LogP contribution in [0.1, 0.15) is 37.3 Å². The van der Waals surface area contributed by atoms with E-state index in [2.05, 4.69) is 15.4 Å². The maximum absolute atomic E-state index is 12.3. The number of aromatic nitrogens is 3. The summed E-state index contributed by atoms with van der Waals surface area (Å²) in [6, 6.07) is 7.67. The standard InChI is InChI=1S/C16H18N4O2S/c1-4-22-12-6-5-7-13-14(12)17-16(23-13)18-15(21)11-8-9-20(19-11)10(2)3/h5-10H,4H2,1-3H3,(H,17,18,21). The molecule has 7 heteroatoms. The molecule has 2 heterocycles. The van der Waals surface area contributed by atoms with E-state index in [0.29, 0.717) is 17.4 Å². The quantitative estimate of drug-likeness (QED) is 0.774. The van der Waals surface area contributed by atoms with Crippen LogP contribution >= 0.6 is 11.3 Å². The van der Waals surface area contributed by atoms with Crippen molar-refractivity contribution in [3.8, 4) is 5.75 Å². The number of benzene rings is 1. The fraction of sp³-hybridized carbons (Fsp3) is 0.312. The monoisotopic (exact) mass is 330 g/mol. The number of para-hydroxylation sites is 1. The third kappa shape index (κ3) is 3.19. The summed E-state index contributed by atoms with van der Waals surface area (Å²) >= 11 is 1.42. The van der Waals surface area contributed by atoms with E-state index in [-0.39, 0.29) is 11.9 Å². The SMILES string of the molecule is CCOc1cccc2sc(NC(=O)c3ccn(C(C)C)n3)nc12. The van der Waals surface area contributed by atoms with E-state index >= 15 is 0 Å². The first-order valence-electron chi connectivity index (χ1n) is 7.47. The van der Waals surface area contributed by atoms with Crippen molar-refractivity contribution in [2.45, 2.75) is 26.8 Å². The number of amides is 1. The van der Waals surface area contributed by atoms with E-state index in [4.69, 9.17) is 4.74 Å². The molecule has 0 aliphatic rings. The van der Waals surface area contributed by atoms with E-state index in [1.807, 2.05) is 39.0 Å². The van der Waals surface area contributed by atoms with Crippen LogP contribution in [0.3, 0.4) is 0 Å². The number of hydrogen-bond acceptors (Lipinski definition) is 5. The Balaban J connectivity index is 1.83. The number of thiazole rings is 1. The van der Waals surface area contributed by atoms with Gasteiger partial charge in [-0.25, -0.2) is 4.98 Å². The van der Waals surface area contributed by atoms with E-state index in [9.17, 15) is 4.79 Å². The highest BCUT2D eigenvalue weighted by Gasteiger charge is 2.14. The van der Waals surface area contributed by atoms with Gasteiger partial charge in [0.25, 0.3) is 5.91 Å². The van der Waals surface area contributed by atoms with Gasteiger partial charge in [0.05, 0.1) is 11.3 Å². The van der Waals surface area contributed by atoms with Gasteiger partial charge in [0.15, 0.2) is 10.8 Å². The van der Waals surface area contributed by atoms with Crippen LogP contribution in [0.25, 0.3) is 10.2 Å². The normalized spacial score (nSPS) is 11.1. The molecule has 0 spiro atoms. The largest absolute Gasteiger partial charge is 0.492 e. The molecule has 1 N–H and O–H groups in total. The predicted molar refractivity (Wildman–Crippen MR) is 91.4 cm³/mol. The van der Waals surface area contributed by atoms with Crippen LogP contribution < -0.4 is 10.1 Å². The van der Waals surface area contributed by atoms with E-state index in [1.165, 1.54) is 11.3 Å². The first-order chi connectivity index (χ1) is 11.1. The first kappa shape index (κ1) is 15.5. The molecular weight excluding hydrogens is 312 g/mol. The Kier molecular flexibility index (Phi) is 4.29. The minimum atomic E-state index is -0.263. The van der Waals surface area contributed by atoms with E-state index in [1.54, 1.807) is 16.9 Å². The molecule has 23 heavy (non-hydrogen) atoms. The van der Waals surface area contributed by atoms with Gasteiger partial charge in [0, 0.05) is 12.2 Å². The number of rotatable bonds is 5. The Bertz CT molecular complexity index is 838. The maximum atomic E-state index is 12.3. The lowest BCUT2D eigenvalue weighted by Gasteiger charge is -2.03. The molecule has 1 aromatic carbocycles. The van der Waals surface area contributed by atoms with Crippen LogP contribution in [-0.2, 0) is 0 Å². The van der Waals surface area contributed by atoms with Gasteiger partial charge < -0.3 is 4.74 Å². The number of ether oxygens (including phenoxy) is 1. The minimum absolute atomic E-state index is 0.216. The third-order valence-corrected chi connectivity index (χ3v) is 4.21. The van der Waals surface area contributed by atoms with Gasteiger partial charge in [-0.1, -0.05) is 17.4 Å². The van der Waals surface area contributed by atoms with Crippen LogP contribution in [0.5, 0.6) is 5.75 Å². The topological polar surface area (TPSA) is 69.0 Å². The molecule has 3 aromatic rings. The van der Waals surface area contributed by atoms with Gasteiger partial charge in [-0.2, -0.15) is 5.10 Å². The molecule has 0 aliphatic carbocycles. The number of nitrogens with one attached hydrogen (secondary N) is 1. The molecule has 0 saturated carbocycles. The Labute approximate surface area is 138 Å². The summed E-state index contributed by atoms with van der Waals surface area (Å²) in [5, 5.41) is 7.61. The molecule has 0 radical (unpaired) electrons. The average molecular weight is 330 g/mol. The first-order valence-corrected chi connectivity index (χ1v) is 8.29. The minimum Gasteiger partial charge on any atom is -0.492 e. The van der Waals surface area contributed by atoms with Crippen molar-refractivity contribution in [2.24, 2.45) is 0 Å². The van der Waals surface area contributed by atoms with Crippen molar-refractivity contribution >= 4 is 32.6 Å². The number of hydrogen-bond donors (Lipinski definition) is 1. The Hall–Kier alpha value is -2.41. The summed E-state index contributed by atoms with van der Waals surface area (Å²) in [6.07, 6.45) is 1.80. The molecule has 0 bridgehead atoms. The van der Waals surface area contributed by atoms with Gasteiger partial charge in [0.2, 0.25) is 0 Å². The molecule has 0 saturated heterocycles. The Morgan fingerprint density at radius 1 is 1.39 bits per heavy atom. The molecular formula is C16H18N4O2S. The van der Waals surface area contributed by atoms with Gasteiger partial charge >= 0.3 is 0 Å². The molecule has 0 fully saturated rings. The van der Waals surface area contributed by atoms with E-state index in [0.717, 1.165) is 16.0 Å². The van der Waals surface area contributed by atoms with Crippen molar-refractivity contribution in [3.05, 3.63) is 36.2 Å². The fourth-order valence-corrected chi connectivity index (χ4v) is 3.04. The lowest BCUT2D eigenvalue weighted by Crippen LogP contribution is -2.13. The third-order valence-electron chi connectivity index (χ3n) is 3.27. The molecule has 0 unspecified atom stereocenters. The van der Waals surface area contributed by atoms with Gasteiger partial charge in [-0.3, -0.25) is 14.8 Å². The van der Waals surface area contributed by atoms with Gasteiger partial charge in [-0.15, -0.1) is 0 Å². The van der Waals surface area contributed by atoms with E-state index < -0.39 is 0 Å². The maximum Gasteiger partial charge on any atom is 0.277 e. The van der Waals surface area contributed by atoms with Crippen molar-refractivity contribution in [1.82, 2.24) is 14.8 Å². The van der Waals surface area contributed by atoms with Gasteiger partial charge in [-0.05, 0) is 39.0 Å². The molecule has 6 nitrogen and oxygen atoms in total. The lowest BCUT2D eigenvalue weighted by molar-refractivity contribution is 0.102. The van der Waals surface area contributed by atoms with Crippen molar-refractivity contribution < 1.29 is 9.53 Å². The zero-order valence-electron chi connectivity index (χ0n) is 13.2. The average Bonchev–Trinajstić information content (AvgIpc) is 3.14. The predicted octanol–water partition coefficient (Wildman–Crippen LogP) is 3.72. The molecule has 120 valence electrons. The number of fused-ring (bicyclic) bond motifs is 1. The summed E-state index contributed by atoms with van der Waals surface area (Å²) < 4.78 is 8.29. The van der Waals surface area contributed by atoms with Crippen LogP contribution in [0.15, 0.2) is 30.5 Å². The second kappa shape index (κ2) is 6.37. The van der Waals surface area contributed by atoms with Crippen LogP contribution in [0, 0.1) is 0 Å². The summed E-state index contributed by atoms with van der Waals surface area (Å²) in [4.78, 5) is 16.8. The molecule has 1 amide bonds. The summed E-state index contributed by atoms with van der Waals surface area (Å²) in [5.74, 6) is 0.465. The van der Waals surface area contributed by atoms with Crippen LogP contribution in [0.2, 0.25) is 0 Å². The number of nitrogens with zero attached hydrogens (tertiary/aromatic N) is 3. The fourth-order valence-electron chi connectivity index (χ4n) is 2.16. The highest BCUT2D eigenvalue weighted by atomic mass is 32.1. The number of carbonyl (C=O) groups is 1. The van der Waals surface area contributed by atoms with Gasteiger partial charge in [0.1, 0.15) is 11.3 Å². The number of carbonyl (C=O) groups excluding carboxylic acids is 1. The second-order valence-electron chi connectivity index (χ2n) is 5.28. The molecule has 3 rings (SSSR count). The zero-order chi connectivity index (χ0) is 16.4. The molecule has 2 aromatic heterocycles. The summed E-state index contributed by atoms with van der Waals surface area (Å²) in [6.45, 7) is 6.53. The van der Waals surface area contributed by atoms with Crippen molar-refractivity contribution in [3.63, 3.8) is 0 Å². The highest BCUT2D eigenvalue weighted by Crippen LogP contribution is 2.32. The van der Waals surface area contributed by atoms with Crippen molar-refractivity contribution in [1.29, 1.82) is 0 Å². The summed E-state index contributed by atoms with van der Waals surface area (Å²) in [7, 11) is 0. The number of anilines is 1. The lowest BCUT2D eigenvalue weighted by atomic mass is 10.3. The molecule has 0 aliphatic heterocycles. The smallest absolute Gasteiger partial charge is 0.277 e. The Morgan fingerprint density at radius 2 is 2.22 bits per heavy atom. The second-order valence-corrected chi connectivity index (χ2v) is 6.31. The summed E-state index contributed by atoms with van der Waals surface area (Å²) in [5.41, 5.74) is 1.14. The van der Waals surface area contributed by atoms with Crippen LogP contribution in [0.4, 0.5) is 5.13 Å². The zero-order valence-corrected chi connectivity index (χ0v) is 14.1. The molecule has 0 atom stereocenters. The van der Waals surface area contributed by atoms with Crippen LogP contribution in [-0.4, -0.2) is 27.3 Å². The Morgan fingerprint density at radius 3 is 2.91 bits per heavy atom. The highest BCUT2D eigenvalue weighted by molar-refractivity contribution is 7.22.